The van der Waals surface area contributed by atoms with Gasteiger partial charge in [-0.05, 0) is 37.9 Å². The van der Waals surface area contributed by atoms with E-state index in [0.717, 1.165) is 5.75 Å². The Morgan fingerprint density at radius 1 is 1.39 bits per heavy atom. The first-order valence-corrected chi connectivity index (χ1v) is 9.94. The van der Waals surface area contributed by atoms with E-state index in [-0.39, 0.29) is 24.2 Å². The van der Waals surface area contributed by atoms with Crippen LogP contribution in [0.5, 0.6) is 0 Å². The van der Waals surface area contributed by atoms with Crippen molar-refractivity contribution in [1.29, 1.82) is 5.26 Å². The van der Waals surface area contributed by atoms with E-state index >= 15 is 0 Å². The molecule has 0 aliphatic carbocycles. The maximum Gasteiger partial charge on any atom is 0.240 e. The number of carbonyl (C=O) groups is 1. The van der Waals surface area contributed by atoms with Crippen LogP contribution < -0.4 is 0 Å². The van der Waals surface area contributed by atoms with Gasteiger partial charge in [-0.2, -0.15) is 22.0 Å². The van der Waals surface area contributed by atoms with Crippen LogP contribution in [0.4, 0.5) is 4.39 Å². The number of halogens is 1. The van der Waals surface area contributed by atoms with Crippen LogP contribution in [-0.4, -0.2) is 52.2 Å². The quantitative estimate of drug-likeness (QED) is 0.634. The standard InChI is InChI=1S/C19H24FN5O2S/c1-5-28-13(2)19-22-17(27-23-19)11-24(3)12-18(26)25(4)10-15-8-14(9-21)6-7-16(15)20/h6-8,13H,5,10-12H2,1-4H3/t13-/m1/s1. The SMILES string of the molecule is CCS[C@H](C)c1noc(CN(C)CC(=O)N(C)Cc2cc(C#N)ccc2F)n1. The van der Waals surface area contributed by atoms with Crippen LogP contribution in [-0.2, 0) is 17.9 Å². The highest BCUT2D eigenvalue weighted by molar-refractivity contribution is 7.99. The Hall–Kier alpha value is -2.44. The van der Waals surface area contributed by atoms with Crippen molar-refractivity contribution >= 4 is 17.7 Å². The van der Waals surface area contributed by atoms with Crippen molar-refractivity contribution in [1.82, 2.24) is 19.9 Å². The Kier molecular flexibility index (Phi) is 7.96. The third-order valence-corrected chi connectivity index (χ3v) is 5.13. The molecule has 1 aromatic heterocycles. The molecule has 1 atom stereocenters. The zero-order chi connectivity index (χ0) is 20.7. The number of likely N-dealkylation sites (N-methyl/N-ethyl adjacent to an activating group) is 2. The molecule has 0 spiro atoms. The topological polar surface area (TPSA) is 86.3 Å². The number of aromatic nitrogens is 2. The van der Waals surface area contributed by atoms with E-state index in [4.69, 9.17) is 9.78 Å². The number of hydrogen-bond donors (Lipinski definition) is 0. The Morgan fingerprint density at radius 2 is 2.14 bits per heavy atom. The molecule has 0 saturated carbocycles. The second-order valence-corrected chi connectivity index (χ2v) is 8.10. The lowest BCUT2D eigenvalue weighted by Gasteiger charge is -2.21. The molecular weight excluding hydrogens is 381 g/mol. The van der Waals surface area contributed by atoms with E-state index in [0.29, 0.717) is 29.4 Å². The molecule has 1 aromatic carbocycles. The minimum atomic E-state index is -0.440. The molecule has 9 heteroatoms. The first kappa shape index (κ1) is 21.9. The van der Waals surface area contributed by atoms with Crippen LogP contribution in [0.3, 0.4) is 0 Å². The second kappa shape index (κ2) is 10.2. The van der Waals surface area contributed by atoms with Crippen molar-refractivity contribution in [3.8, 4) is 6.07 Å². The lowest BCUT2D eigenvalue weighted by molar-refractivity contribution is -0.131. The molecule has 1 amide bonds. The maximum absolute atomic E-state index is 13.9. The van der Waals surface area contributed by atoms with E-state index in [2.05, 4.69) is 17.1 Å². The van der Waals surface area contributed by atoms with Gasteiger partial charge in [0.1, 0.15) is 5.82 Å². The zero-order valence-corrected chi connectivity index (χ0v) is 17.3. The summed E-state index contributed by atoms with van der Waals surface area (Å²) in [6.07, 6.45) is 0. The Morgan fingerprint density at radius 3 is 2.82 bits per heavy atom. The summed E-state index contributed by atoms with van der Waals surface area (Å²) in [5.74, 6) is 1.43. The maximum atomic E-state index is 13.9. The lowest BCUT2D eigenvalue weighted by atomic mass is 10.1. The molecule has 0 fully saturated rings. The Bertz CT molecular complexity index is 851. The monoisotopic (exact) mass is 405 g/mol. The second-order valence-electron chi connectivity index (χ2n) is 6.48. The largest absolute Gasteiger partial charge is 0.340 e. The number of thioether (sulfide) groups is 1. The van der Waals surface area contributed by atoms with Crippen molar-refractivity contribution in [3.05, 3.63) is 46.9 Å². The molecule has 1 heterocycles. The minimum absolute atomic E-state index is 0.0878. The van der Waals surface area contributed by atoms with Crippen molar-refractivity contribution in [3.63, 3.8) is 0 Å². The summed E-state index contributed by atoms with van der Waals surface area (Å²) in [5, 5.41) is 13.1. The number of benzene rings is 1. The molecule has 0 aliphatic heterocycles. The smallest absolute Gasteiger partial charge is 0.240 e. The van der Waals surface area contributed by atoms with Crippen LogP contribution in [0.25, 0.3) is 0 Å². The average Bonchev–Trinajstić information content (AvgIpc) is 3.12. The van der Waals surface area contributed by atoms with Gasteiger partial charge in [-0.1, -0.05) is 12.1 Å². The summed E-state index contributed by atoms with van der Waals surface area (Å²) >= 11 is 1.73. The van der Waals surface area contributed by atoms with Crippen molar-refractivity contribution in [2.45, 2.75) is 32.2 Å². The van der Waals surface area contributed by atoms with Gasteiger partial charge in [-0.3, -0.25) is 9.69 Å². The van der Waals surface area contributed by atoms with E-state index in [9.17, 15) is 9.18 Å². The molecule has 28 heavy (non-hydrogen) atoms. The molecule has 0 saturated heterocycles. The molecule has 0 aliphatic rings. The summed E-state index contributed by atoms with van der Waals surface area (Å²) in [6.45, 7) is 4.64. The lowest BCUT2D eigenvalue weighted by Crippen LogP contribution is -2.36. The van der Waals surface area contributed by atoms with Crippen LogP contribution in [0, 0.1) is 17.1 Å². The third-order valence-electron chi connectivity index (χ3n) is 4.08. The number of amides is 1. The van der Waals surface area contributed by atoms with Crippen LogP contribution in [0.1, 0.15) is 41.9 Å². The Balaban J connectivity index is 1.90. The normalized spacial score (nSPS) is 12.0. The van der Waals surface area contributed by atoms with Crippen LogP contribution >= 0.6 is 11.8 Å². The van der Waals surface area contributed by atoms with Crippen LogP contribution in [0.15, 0.2) is 22.7 Å². The van der Waals surface area contributed by atoms with Gasteiger partial charge < -0.3 is 9.42 Å². The van der Waals surface area contributed by atoms with E-state index in [1.807, 2.05) is 13.0 Å². The molecule has 2 rings (SSSR count). The van der Waals surface area contributed by atoms with E-state index < -0.39 is 5.82 Å². The van der Waals surface area contributed by atoms with Crippen LogP contribution in [0.2, 0.25) is 0 Å². The number of hydrogen-bond acceptors (Lipinski definition) is 7. The summed E-state index contributed by atoms with van der Waals surface area (Å²) in [7, 11) is 3.37. The van der Waals surface area contributed by atoms with Gasteiger partial charge in [0.05, 0.1) is 30.0 Å². The van der Waals surface area contributed by atoms with Gasteiger partial charge in [-0.25, -0.2) is 4.39 Å². The van der Waals surface area contributed by atoms with Crippen molar-refractivity contribution < 1.29 is 13.7 Å². The van der Waals surface area contributed by atoms with Gasteiger partial charge in [0.2, 0.25) is 11.8 Å². The fourth-order valence-electron chi connectivity index (χ4n) is 2.57. The zero-order valence-electron chi connectivity index (χ0n) is 16.5. The van der Waals surface area contributed by atoms with Gasteiger partial charge >= 0.3 is 0 Å². The predicted octanol–water partition coefficient (Wildman–Crippen LogP) is 2.98. The minimum Gasteiger partial charge on any atom is -0.340 e. The number of nitrogens with zero attached hydrogens (tertiary/aromatic N) is 5. The third kappa shape index (κ3) is 6.04. The van der Waals surface area contributed by atoms with Gasteiger partial charge in [0.25, 0.3) is 0 Å². The predicted molar refractivity (Wildman–Crippen MR) is 105 cm³/mol. The van der Waals surface area contributed by atoms with Crippen molar-refractivity contribution in [2.75, 3.05) is 26.4 Å². The first-order chi connectivity index (χ1) is 13.3. The van der Waals surface area contributed by atoms with E-state index in [1.54, 1.807) is 30.8 Å². The average molecular weight is 405 g/mol. The number of rotatable bonds is 9. The number of nitriles is 1. The van der Waals surface area contributed by atoms with Crippen molar-refractivity contribution in [2.24, 2.45) is 0 Å². The summed E-state index contributed by atoms with van der Waals surface area (Å²) in [4.78, 5) is 20.0. The molecular formula is C19H24FN5O2S. The number of carbonyl (C=O) groups excluding carboxylic acids is 1. The summed E-state index contributed by atoms with van der Waals surface area (Å²) in [6, 6.07) is 6.08. The summed E-state index contributed by atoms with van der Waals surface area (Å²) in [5.41, 5.74) is 0.665. The molecule has 7 nitrogen and oxygen atoms in total. The van der Waals surface area contributed by atoms with E-state index in [1.165, 1.54) is 23.1 Å². The molecule has 0 bridgehead atoms. The highest BCUT2D eigenvalue weighted by Crippen LogP contribution is 2.25. The first-order valence-electron chi connectivity index (χ1n) is 8.89. The molecule has 150 valence electrons. The molecule has 2 aromatic rings. The Labute approximate surface area is 168 Å². The highest BCUT2D eigenvalue weighted by Gasteiger charge is 2.18. The fourth-order valence-corrected chi connectivity index (χ4v) is 3.31. The summed E-state index contributed by atoms with van der Waals surface area (Å²) < 4.78 is 19.2. The van der Waals surface area contributed by atoms with Gasteiger partial charge in [-0.15, -0.1) is 0 Å². The molecule has 0 unspecified atom stereocenters. The fraction of sp³-hybridized carbons (Fsp3) is 0.474. The van der Waals surface area contributed by atoms with Gasteiger partial charge in [0, 0.05) is 19.2 Å². The molecule has 0 radical (unpaired) electrons. The highest BCUT2D eigenvalue weighted by atomic mass is 32.2. The van der Waals surface area contributed by atoms with Gasteiger partial charge in [0.15, 0.2) is 5.82 Å². The molecule has 0 N–H and O–H groups in total.